The van der Waals surface area contributed by atoms with Gasteiger partial charge in [-0.15, -0.1) is 0 Å². The van der Waals surface area contributed by atoms with Crippen molar-refractivity contribution in [2.45, 2.75) is 31.6 Å². The second-order valence-electron chi connectivity index (χ2n) is 5.70. The van der Waals surface area contributed by atoms with Gasteiger partial charge in [0.25, 0.3) is 10.0 Å². The Hall–Kier alpha value is -1.96. The number of fused-ring (bicyclic) bond motifs is 1. The topological polar surface area (TPSA) is 55.2 Å². The number of nitrogens with zero attached hydrogens (tertiary/aromatic N) is 3. The zero-order valence-electron chi connectivity index (χ0n) is 13.1. The van der Waals surface area contributed by atoms with Gasteiger partial charge in [0.05, 0.1) is 17.1 Å². The Morgan fingerprint density at radius 3 is 2.52 bits per heavy atom. The summed E-state index contributed by atoms with van der Waals surface area (Å²) in [6, 6.07) is 1.92. The summed E-state index contributed by atoms with van der Waals surface area (Å²) in [5.74, 6) is -1.56. The fraction of sp³-hybridized carbons (Fsp3) is 0.400. The molecule has 8 heteroatoms. The molecule has 0 fully saturated rings. The number of aryl methyl sites for hydroxylation is 3. The van der Waals surface area contributed by atoms with E-state index < -0.39 is 21.7 Å². The van der Waals surface area contributed by atoms with E-state index in [1.54, 1.807) is 20.9 Å². The molecule has 124 valence electrons. The van der Waals surface area contributed by atoms with Gasteiger partial charge in [-0.25, -0.2) is 17.2 Å². The van der Waals surface area contributed by atoms with E-state index >= 15 is 0 Å². The Morgan fingerprint density at radius 2 is 1.91 bits per heavy atom. The monoisotopic (exact) mass is 341 g/mol. The lowest BCUT2D eigenvalue weighted by molar-refractivity contribution is 0.561. The maximum atomic E-state index is 14.3. The second-order valence-corrected chi connectivity index (χ2v) is 7.50. The molecule has 0 amide bonds. The Bertz CT molecular complexity index is 891. The summed E-state index contributed by atoms with van der Waals surface area (Å²) in [5, 5.41) is 4.12. The molecule has 23 heavy (non-hydrogen) atoms. The van der Waals surface area contributed by atoms with E-state index in [1.165, 1.54) is 10.7 Å². The molecular formula is C15H17F2N3O2S. The molecule has 3 rings (SSSR count). The summed E-state index contributed by atoms with van der Waals surface area (Å²) < 4.78 is 56.3. The van der Waals surface area contributed by atoms with Crippen LogP contribution in [-0.2, 0) is 23.5 Å². The highest BCUT2D eigenvalue weighted by Crippen LogP contribution is 2.36. The Balaban J connectivity index is 2.21. The van der Waals surface area contributed by atoms with Crippen LogP contribution >= 0.6 is 0 Å². The molecule has 1 aromatic heterocycles. The molecule has 0 atom stereocenters. The van der Waals surface area contributed by atoms with Crippen molar-refractivity contribution < 1.29 is 17.2 Å². The van der Waals surface area contributed by atoms with Gasteiger partial charge in [0.15, 0.2) is 5.82 Å². The van der Waals surface area contributed by atoms with E-state index in [2.05, 4.69) is 5.10 Å². The van der Waals surface area contributed by atoms with Gasteiger partial charge in [-0.1, -0.05) is 0 Å². The quantitative estimate of drug-likeness (QED) is 0.843. The van der Waals surface area contributed by atoms with Gasteiger partial charge >= 0.3 is 0 Å². The van der Waals surface area contributed by atoms with E-state index in [-0.39, 0.29) is 17.1 Å². The lowest BCUT2D eigenvalue weighted by Gasteiger charge is -2.30. The maximum absolute atomic E-state index is 14.3. The first-order chi connectivity index (χ1) is 10.7. The molecule has 0 aliphatic carbocycles. The van der Waals surface area contributed by atoms with Gasteiger partial charge in [0, 0.05) is 19.7 Å². The van der Waals surface area contributed by atoms with Crippen LogP contribution in [0, 0.1) is 25.5 Å². The minimum atomic E-state index is -3.96. The SMILES string of the molecule is Cc1nn(C)c(C)c1S(=O)(=O)N1CCCc2cc(F)cc(F)c21. The number of rotatable bonds is 2. The lowest BCUT2D eigenvalue weighted by Crippen LogP contribution is -2.37. The third-order valence-electron chi connectivity index (χ3n) is 4.15. The molecule has 1 aromatic carbocycles. The summed E-state index contributed by atoms with van der Waals surface area (Å²) in [4.78, 5) is 0.0802. The van der Waals surface area contributed by atoms with Crippen LogP contribution in [0.25, 0.3) is 0 Å². The summed E-state index contributed by atoms with van der Waals surface area (Å²) in [6.07, 6.45) is 0.953. The van der Waals surface area contributed by atoms with Crippen molar-refractivity contribution in [3.63, 3.8) is 0 Å². The average molecular weight is 341 g/mol. The maximum Gasteiger partial charge on any atom is 0.268 e. The van der Waals surface area contributed by atoms with Crippen molar-refractivity contribution in [2.75, 3.05) is 10.8 Å². The number of benzene rings is 1. The van der Waals surface area contributed by atoms with Crippen LogP contribution in [0.3, 0.4) is 0 Å². The molecule has 0 unspecified atom stereocenters. The molecule has 2 heterocycles. The van der Waals surface area contributed by atoms with E-state index in [0.29, 0.717) is 29.8 Å². The van der Waals surface area contributed by atoms with Crippen molar-refractivity contribution in [3.05, 3.63) is 40.7 Å². The summed E-state index contributed by atoms with van der Waals surface area (Å²) >= 11 is 0. The fourth-order valence-corrected chi connectivity index (χ4v) is 5.05. The first kappa shape index (κ1) is 15.9. The number of aromatic nitrogens is 2. The first-order valence-electron chi connectivity index (χ1n) is 7.24. The molecule has 0 spiro atoms. The highest BCUT2D eigenvalue weighted by atomic mass is 32.2. The van der Waals surface area contributed by atoms with Crippen LogP contribution in [0.4, 0.5) is 14.5 Å². The molecular weight excluding hydrogens is 324 g/mol. The molecule has 0 radical (unpaired) electrons. The number of anilines is 1. The Labute approximate surface area is 133 Å². The van der Waals surface area contributed by atoms with Crippen molar-refractivity contribution in [3.8, 4) is 0 Å². The fourth-order valence-electron chi connectivity index (χ4n) is 3.09. The van der Waals surface area contributed by atoms with Gasteiger partial charge in [-0.3, -0.25) is 8.99 Å². The standard InChI is InChI=1S/C15H17F2N3O2S/c1-9-15(10(2)19(3)18-9)23(21,22)20-6-4-5-11-7-12(16)8-13(17)14(11)20/h7-8H,4-6H2,1-3H3. The van der Waals surface area contributed by atoms with Crippen LogP contribution in [0.2, 0.25) is 0 Å². The van der Waals surface area contributed by atoms with Crippen LogP contribution < -0.4 is 4.31 Å². The number of sulfonamides is 1. The highest BCUT2D eigenvalue weighted by Gasteiger charge is 2.35. The smallest absolute Gasteiger partial charge is 0.268 e. The van der Waals surface area contributed by atoms with E-state index in [0.717, 1.165) is 10.4 Å². The third-order valence-corrected chi connectivity index (χ3v) is 6.21. The highest BCUT2D eigenvalue weighted by molar-refractivity contribution is 7.93. The molecule has 0 N–H and O–H groups in total. The minimum absolute atomic E-state index is 0.0553. The van der Waals surface area contributed by atoms with Crippen molar-refractivity contribution in [1.29, 1.82) is 0 Å². The van der Waals surface area contributed by atoms with Crippen LogP contribution in [-0.4, -0.2) is 24.7 Å². The zero-order valence-corrected chi connectivity index (χ0v) is 13.9. The number of halogens is 2. The first-order valence-corrected chi connectivity index (χ1v) is 8.68. The van der Waals surface area contributed by atoms with Gasteiger partial charge in [-0.2, -0.15) is 5.10 Å². The molecule has 1 aliphatic rings. The summed E-state index contributed by atoms with van der Waals surface area (Å²) in [6.45, 7) is 3.41. The van der Waals surface area contributed by atoms with Crippen molar-refractivity contribution >= 4 is 15.7 Å². The molecule has 2 aromatic rings. The lowest BCUT2D eigenvalue weighted by atomic mass is 10.0. The largest absolute Gasteiger partial charge is 0.271 e. The van der Waals surface area contributed by atoms with Gasteiger partial charge < -0.3 is 0 Å². The van der Waals surface area contributed by atoms with Gasteiger partial charge in [0.1, 0.15) is 10.7 Å². The second kappa shape index (κ2) is 5.30. The molecule has 1 aliphatic heterocycles. The number of hydrogen-bond donors (Lipinski definition) is 0. The molecule has 0 saturated heterocycles. The Kier molecular flexibility index (Phi) is 3.66. The van der Waals surface area contributed by atoms with Crippen molar-refractivity contribution in [1.82, 2.24) is 9.78 Å². The summed E-state index contributed by atoms with van der Waals surface area (Å²) in [5.41, 5.74) is 1.16. The van der Waals surface area contributed by atoms with E-state index in [9.17, 15) is 17.2 Å². The van der Waals surface area contributed by atoms with Crippen LogP contribution in [0.5, 0.6) is 0 Å². The zero-order chi connectivity index (χ0) is 16.9. The average Bonchev–Trinajstić information content (AvgIpc) is 2.71. The normalized spacial score (nSPS) is 14.9. The molecule has 0 bridgehead atoms. The van der Waals surface area contributed by atoms with Gasteiger partial charge in [-0.05, 0) is 38.3 Å². The van der Waals surface area contributed by atoms with E-state index in [4.69, 9.17) is 0 Å². The Morgan fingerprint density at radius 1 is 1.22 bits per heavy atom. The van der Waals surface area contributed by atoms with Crippen molar-refractivity contribution in [2.24, 2.45) is 7.05 Å². The predicted octanol–water partition coefficient (Wildman–Crippen LogP) is 2.46. The predicted molar refractivity (Wildman–Crippen MR) is 81.9 cm³/mol. The third kappa shape index (κ3) is 2.41. The number of hydrogen-bond acceptors (Lipinski definition) is 3. The van der Waals surface area contributed by atoms with Crippen LogP contribution in [0.15, 0.2) is 17.0 Å². The molecule has 5 nitrogen and oxygen atoms in total. The minimum Gasteiger partial charge on any atom is -0.271 e. The van der Waals surface area contributed by atoms with Crippen LogP contribution in [0.1, 0.15) is 23.4 Å². The molecule has 0 saturated carbocycles. The van der Waals surface area contributed by atoms with Gasteiger partial charge in [0.2, 0.25) is 0 Å². The summed E-state index contributed by atoms with van der Waals surface area (Å²) in [7, 11) is -2.31. The van der Waals surface area contributed by atoms with E-state index in [1.807, 2.05) is 0 Å².